The molecule has 0 saturated heterocycles. The molecule has 3 rings (SSSR count). The van der Waals surface area contributed by atoms with Gasteiger partial charge in [0.15, 0.2) is 5.78 Å². The summed E-state index contributed by atoms with van der Waals surface area (Å²) in [6, 6.07) is 16.8. The molecule has 0 amide bonds. The number of rotatable bonds is 3. The maximum absolute atomic E-state index is 11.5. The molecular weight excluding hydrogens is 647 g/mol. The molecule has 4 heteroatoms. The molecule has 0 aliphatic heterocycles. The molecule has 1 heterocycles. The standard InChI is InChI=1S/C23H26N.C11H20O2.Ir/c1-15(2)17-7-8-18-14-24-22(13-19(18)11-17)20-9-16(3)10-21(12-20)23(4,5)6;1-10(2,3)8(12)7-9(13)11(4,5)6;/h7-8,10-15H,1-6H3;7,12H,1-6H3;/q-1;;/b;8-7-;. The predicted octanol–water partition coefficient (Wildman–Crippen LogP) is 9.52. The number of nitrogens with zero attached hydrogens (tertiary/aromatic N) is 1. The van der Waals surface area contributed by atoms with E-state index in [1.165, 1.54) is 28.0 Å². The van der Waals surface area contributed by atoms with Crippen molar-refractivity contribution >= 4 is 16.6 Å². The van der Waals surface area contributed by atoms with Crippen molar-refractivity contribution in [1.82, 2.24) is 4.98 Å². The fourth-order valence-corrected chi connectivity index (χ4v) is 3.51. The molecular formula is C34H46IrNO2-. The van der Waals surface area contributed by atoms with Gasteiger partial charge in [-0.3, -0.25) is 4.79 Å². The first-order valence-corrected chi connectivity index (χ1v) is 13.2. The van der Waals surface area contributed by atoms with Crippen LogP contribution in [0.1, 0.15) is 98.8 Å². The number of hydrogen-bond acceptors (Lipinski definition) is 3. The van der Waals surface area contributed by atoms with Crippen molar-refractivity contribution in [2.24, 2.45) is 10.8 Å². The molecule has 0 aliphatic rings. The fraction of sp³-hybridized carbons (Fsp3) is 0.471. The number of pyridine rings is 1. The summed E-state index contributed by atoms with van der Waals surface area (Å²) in [5.74, 6) is 0.636. The van der Waals surface area contributed by atoms with E-state index in [1.807, 2.05) is 47.7 Å². The second-order valence-electron chi connectivity index (χ2n) is 13.4. The van der Waals surface area contributed by atoms with Crippen LogP contribution in [0.15, 0.2) is 54.4 Å². The molecule has 1 radical (unpaired) electrons. The molecule has 1 N–H and O–H groups in total. The van der Waals surface area contributed by atoms with E-state index in [1.54, 1.807) is 0 Å². The van der Waals surface area contributed by atoms with Gasteiger partial charge in [0.1, 0.15) is 5.76 Å². The number of aliphatic hydroxyl groups is 1. The third-order valence-electron chi connectivity index (χ3n) is 6.33. The summed E-state index contributed by atoms with van der Waals surface area (Å²) in [6.45, 7) is 24.4. The molecule has 0 spiro atoms. The van der Waals surface area contributed by atoms with Gasteiger partial charge < -0.3 is 10.1 Å². The van der Waals surface area contributed by atoms with Crippen LogP contribution in [-0.4, -0.2) is 15.9 Å². The van der Waals surface area contributed by atoms with Gasteiger partial charge >= 0.3 is 0 Å². The van der Waals surface area contributed by atoms with Gasteiger partial charge in [0.05, 0.1) is 0 Å². The third kappa shape index (κ3) is 9.47. The van der Waals surface area contributed by atoms with E-state index in [2.05, 4.69) is 89.0 Å². The molecule has 0 aliphatic carbocycles. The van der Waals surface area contributed by atoms with Gasteiger partial charge in [-0.2, -0.15) is 0 Å². The van der Waals surface area contributed by atoms with E-state index in [-0.39, 0.29) is 42.5 Å². The zero-order chi connectivity index (χ0) is 28.3. The number of aromatic nitrogens is 1. The zero-order valence-corrected chi connectivity index (χ0v) is 27.7. The summed E-state index contributed by atoms with van der Waals surface area (Å²) in [6.07, 6.45) is 3.31. The van der Waals surface area contributed by atoms with Gasteiger partial charge in [-0.1, -0.05) is 107 Å². The van der Waals surface area contributed by atoms with E-state index in [9.17, 15) is 9.90 Å². The van der Waals surface area contributed by atoms with Crippen LogP contribution < -0.4 is 0 Å². The minimum Gasteiger partial charge on any atom is -0.512 e. The molecule has 0 fully saturated rings. The van der Waals surface area contributed by atoms with E-state index >= 15 is 0 Å². The van der Waals surface area contributed by atoms with E-state index in [4.69, 9.17) is 0 Å². The van der Waals surface area contributed by atoms with Crippen LogP contribution in [-0.2, 0) is 30.3 Å². The van der Waals surface area contributed by atoms with Crippen LogP contribution in [0, 0.1) is 23.8 Å². The molecule has 3 nitrogen and oxygen atoms in total. The van der Waals surface area contributed by atoms with Crippen LogP contribution in [0.25, 0.3) is 22.0 Å². The van der Waals surface area contributed by atoms with E-state index < -0.39 is 5.41 Å². The van der Waals surface area contributed by atoms with Gasteiger partial charge in [0.25, 0.3) is 0 Å². The molecule has 0 bridgehead atoms. The first kappa shape index (κ1) is 33.7. The van der Waals surface area contributed by atoms with Crippen molar-refractivity contribution in [3.8, 4) is 11.3 Å². The first-order chi connectivity index (χ1) is 16.8. The molecule has 2 aromatic carbocycles. The van der Waals surface area contributed by atoms with Crippen molar-refractivity contribution in [3.63, 3.8) is 0 Å². The molecule has 38 heavy (non-hydrogen) atoms. The Morgan fingerprint density at radius 3 is 2.00 bits per heavy atom. The minimum absolute atomic E-state index is 0. The maximum atomic E-state index is 11.5. The quantitative estimate of drug-likeness (QED) is 0.169. The SMILES string of the molecule is CC(C)(C)C(=O)/C=C(\O)C(C)(C)C.Cc1[c-]c(-c2cc3cc(C(C)C)ccc3cn2)cc(C(C)(C)C)c1.[Ir]. The van der Waals surface area contributed by atoms with Gasteiger partial charge in [0.2, 0.25) is 0 Å². The van der Waals surface area contributed by atoms with Gasteiger partial charge in [-0.15, -0.1) is 34.9 Å². The topological polar surface area (TPSA) is 50.2 Å². The predicted molar refractivity (Wildman–Crippen MR) is 158 cm³/mol. The van der Waals surface area contributed by atoms with Crippen molar-refractivity contribution < 1.29 is 30.0 Å². The fourth-order valence-electron chi connectivity index (χ4n) is 3.51. The van der Waals surface area contributed by atoms with Crippen molar-refractivity contribution in [1.29, 1.82) is 0 Å². The molecule has 3 aromatic rings. The summed E-state index contributed by atoms with van der Waals surface area (Å²) in [4.78, 5) is 16.2. The van der Waals surface area contributed by atoms with E-state index in [0.29, 0.717) is 5.92 Å². The summed E-state index contributed by atoms with van der Waals surface area (Å²) in [5.41, 5.74) is 5.29. The van der Waals surface area contributed by atoms with Gasteiger partial charge in [-0.05, 0) is 33.4 Å². The number of benzene rings is 2. The van der Waals surface area contributed by atoms with Crippen LogP contribution >= 0.6 is 0 Å². The number of aliphatic hydroxyl groups excluding tert-OH is 1. The number of ketones is 1. The largest absolute Gasteiger partial charge is 0.512 e. The Morgan fingerprint density at radius 1 is 0.895 bits per heavy atom. The molecule has 0 atom stereocenters. The Bertz CT molecular complexity index is 1280. The Hall–Kier alpha value is -2.29. The Labute approximate surface area is 244 Å². The summed E-state index contributed by atoms with van der Waals surface area (Å²) >= 11 is 0. The smallest absolute Gasteiger partial charge is 0.164 e. The van der Waals surface area contributed by atoms with Gasteiger partial charge in [-0.25, -0.2) is 0 Å². The molecule has 209 valence electrons. The normalized spacial score (nSPS) is 12.6. The Balaban J connectivity index is 0.000000444. The van der Waals surface area contributed by atoms with Crippen molar-refractivity contribution in [2.45, 2.75) is 94.4 Å². The molecule has 1 aromatic heterocycles. The van der Waals surface area contributed by atoms with Crippen LogP contribution in [0.2, 0.25) is 0 Å². The summed E-state index contributed by atoms with van der Waals surface area (Å²) in [7, 11) is 0. The monoisotopic (exact) mass is 693 g/mol. The summed E-state index contributed by atoms with van der Waals surface area (Å²) < 4.78 is 0. The number of allylic oxidation sites excluding steroid dienone is 2. The number of fused-ring (bicyclic) bond motifs is 1. The van der Waals surface area contributed by atoms with Crippen molar-refractivity contribution in [3.05, 3.63) is 77.2 Å². The number of hydrogen-bond donors (Lipinski definition) is 1. The molecule has 0 unspecified atom stereocenters. The van der Waals surface area contributed by atoms with Crippen LogP contribution in [0.5, 0.6) is 0 Å². The third-order valence-corrected chi connectivity index (χ3v) is 6.33. The second-order valence-corrected chi connectivity index (χ2v) is 13.4. The Kier molecular flexibility index (Phi) is 11.3. The number of carbonyl (C=O) groups excluding carboxylic acids is 1. The zero-order valence-electron chi connectivity index (χ0n) is 25.3. The first-order valence-electron chi connectivity index (χ1n) is 13.2. The van der Waals surface area contributed by atoms with Crippen LogP contribution in [0.4, 0.5) is 0 Å². The van der Waals surface area contributed by atoms with Crippen LogP contribution in [0.3, 0.4) is 0 Å². The van der Waals surface area contributed by atoms with E-state index in [0.717, 1.165) is 16.8 Å². The van der Waals surface area contributed by atoms with Crippen molar-refractivity contribution in [2.75, 3.05) is 0 Å². The molecule has 0 saturated carbocycles. The number of carbonyl (C=O) groups is 1. The Morgan fingerprint density at radius 2 is 1.50 bits per heavy atom. The van der Waals surface area contributed by atoms with Gasteiger partial charge in [0, 0.05) is 43.2 Å². The minimum atomic E-state index is -0.417. The maximum Gasteiger partial charge on any atom is 0.164 e. The average molecular weight is 693 g/mol. The summed E-state index contributed by atoms with van der Waals surface area (Å²) in [5, 5.41) is 12.0. The second kappa shape index (κ2) is 12.7. The number of aryl methyl sites for hydroxylation is 1. The average Bonchev–Trinajstić information content (AvgIpc) is 2.76.